The van der Waals surface area contributed by atoms with Crippen LogP contribution >= 0.6 is 0 Å². The molecule has 2 aliphatic rings. The summed E-state index contributed by atoms with van der Waals surface area (Å²) < 4.78 is 16.4. The molecule has 0 N–H and O–H groups in total. The molecule has 0 bridgehead atoms. The van der Waals surface area contributed by atoms with Gasteiger partial charge in [-0.25, -0.2) is 9.37 Å². The highest BCUT2D eigenvalue weighted by molar-refractivity contribution is 5.81. The van der Waals surface area contributed by atoms with Gasteiger partial charge in [-0.2, -0.15) is 0 Å². The standard InChI is InChI=1S/C21H25FN2O/c22-18-10-6-9-17-20-13-23-14-24(20)19(21(17)18)12-16(25)11-15-7-4-2-1-3-5-8-15/h6,9-10,13-15,19H,1-5,7-8,11-12H2. The third kappa shape index (κ3) is 3.26. The number of Topliss-reactive ketones (excluding diaryl/α,β-unsaturated/α-hetero) is 1. The summed E-state index contributed by atoms with van der Waals surface area (Å²) in [6, 6.07) is 4.90. The number of imidazole rings is 1. The fourth-order valence-corrected chi connectivity index (χ4v) is 4.57. The van der Waals surface area contributed by atoms with Crippen LogP contribution in [0.15, 0.2) is 30.7 Å². The molecule has 1 aliphatic heterocycles. The third-order valence-electron chi connectivity index (χ3n) is 5.83. The summed E-state index contributed by atoms with van der Waals surface area (Å²) in [7, 11) is 0. The second-order valence-electron chi connectivity index (χ2n) is 7.56. The number of ketones is 1. The van der Waals surface area contributed by atoms with Crippen molar-refractivity contribution < 1.29 is 9.18 Å². The minimum atomic E-state index is -0.241. The van der Waals surface area contributed by atoms with Gasteiger partial charge in [0, 0.05) is 24.0 Å². The molecule has 2 heterocycles. The van der Waals surface area contributed by atoms with E-state index in [-0.39, 0.29) is 17.6 Å². The Morgan fingerprint density at radius 2 is 1.88 bits per heavy atom. The second kappa shape index (κ2) is 7.11. The first-order valence-corrected chi connectivity index (χ1v) is 9.56. The highest BCUT2D eigenvalue weighted by Gasteiger charge is 2.32. The van der Waals surface area contributed by atoms with Crippen molar-refractivity contribution in [1.82, 2.24) is 9.55 Å². The summed E-state index contributed by atoms with van der Waals surface area (Å²) in [5.74, 6) is 0.549. The first-order valence-electron chi connectivity index (χ1n) is 9.56. The highest BCUT2D eigenvalue weighted by atomic mass is 19.1. The van der Waals surface area contributed by atoms with Crippen LogP contribution in [0.2, 0.25) is 0 Å². The number of halogens is 1. The smallest absolute Gasteiger partial charge is 0.135 e. The number of rotatable bonds is 4. The molecule has 0 spiro atoms. The first kappa shape index (κ1) is 16.5. The molecule has 4 heteroatoms. The molecule has 2 aromatic rings. The van der Waals surface area contributed by atoms with Gasteiger partial charge in [0.05, 0.1) is 24.3 Å². The molecule has 4 rings (SSSR count). The Hall–Kier alpha value is -1.97. The number of carbonyl (C=O) groups is 1. The molecule has 0 saturated heterocycles. The summed E-state index contributed by atoms with van der Waals surface area (Å²) in [6.45, 7) is 0. The maximum Gasteiger partial charge on any atom is 0.135 e. The van der Waals surface area contributed by atoms with Gasteiger partial charge in [0.25, 0.3) is 0 Å². The number of carbonyl (C=O) groups excluding carboxylic acids is 1. The van der Waals surface area contributed by atoms with Crippen LogP contribution in [0.1, 0.15) is 69.4 Å². The van der Waals surface area contributed by atoms with Crippen LogP contribution in [0.5, 0.6) is 0 Å². The summed E-state index contributed by atoms with van der Waals surface area (Å²) in [6.07, 6.45) is 13.2. The van der Waals surface area contributed by atoms with Crippen LogP contribution in [0.3, 0.4) is 0 Å². The molecule has 25 heavy (non-hydrogen) atoms. The molecule has 1 unspecified atom stereocenters. The molecule has 1 aromatic carbocycles. The summed E-state index contributed by atoms with van der Waals surface area (Å²) in [4.78, 5) is 17.0. The first-order chi connectivity index (χ1) is 12.2. The van der Waals surface area contributed by atoms with E-state index in [1.165, 1.54) is 38.2 Å². The van der Waals surface area contributed by atoms with Crippen LogP contribution < -0.4 is 0 Å². The van der Waals surface area contributed by atoms with Gasteiger partial charge >= 0.3 is 0 Å². The fourth-order valence-electron chi connectivity index (χ4n) is 4.57. The average Bonchev–Trinajstić information content (AvgIpc) is 3.14. The van der Waals surface area contributed by atoms with Crippen LogP contribution in [0, 0.1) is 11.7 Å². The van der Waals surface area contributed by atoms with Gasteiger partial charge in [-0.1, -0.05) is 57.1 Å². The van der Waals surface area contributed by atoms with Crippen molar-refractivity contribution in [2.45, 2.75) is 63.8 Å². The quantitative estimate of drug-likeness (QED) is 0.757. The lowest BCUT2D eigenvalue weighted by atomic mass is 9.86. The van der Waals surface area contributed by atoms with Gasteiger partial charge < -0.3 is 4.57 Å². The maximum absolute atomic E-state index is 14.4. The Kier molecular flexibility index (Phi) is 4.69. The lowest BCUT2D eigenvalue weighted by molar-refractivity contribution is -0.120. The SMILES string of the molecule is O=C(CC1CCCCCCC1)CC1c2c(F)cccc2-c2cncn21. The molecule has 1 saturated carbocycles. The van der Waals surface area contributed by atoms with Crippen molar-refractivity contribution in [2.24, 2.45) is 5.92 Å². The number of fused-ring (bicyclic) bond motifs is 3. The number of nitrogens with zero attached hydrogens (tertiary/aromatic N) is 2. The van der Waals surface area contributed by atoms with Crippen LogP contribution in [0.4, 0.5) is 4.39 Å². The van der Waals surface area contributed by atoms with Gasteiger partial charge in [0.1, 0.15) is 11.6 Å². The topological polar surface area (TPSA) is 34.9 Å². The Bertz CT molecular complexity index is 759. The molecule has 1 aliphatic carbocycles. The minimum absolute atomic E-state index is 0.218. The normalized spacial score (nSPS) is 20.6. The van der Waals surface area contributed by atoms with Gasteiger partial charge in [-0.05, 0) is 12.0 Å². The summed E-state index contributed by atoms with van der Waals surface area (Å²) in [5.41, 5.74) is 2.45. The second-order valence-corrected chi connectivity index (χ2v) is 7.56. The van der Waals surface area contributed by atoms with E-state index in [2.05, 4.69) is 4.98 Å². The average molecular weight is 340 g/mol. The molecule has 132 valence electrons. The lowest BCUT2D eigenvalue weighted by Gasteiger charge is -2.20. The van der Waals surface area contributed by atoms with Crippen LogP contribution in [0.25, 0.3) is 11.3 Å². The molecular formula is C21H25FN2O. The Morgan fingerprint density at radius 3 is 2.68 bits per heavy atom. The molecule has 1 fully saturated rings. The van der Waals surface area contributed by atoms with Gasteiger partial charge in [-0.15, -0.1) is 0 Å². The molecule has 0 radical (unpaired) electrons. The van der Waals surface area contributed by atoms with E-state index in [1.807, 2.05) is 10.6 Å². The van der Waals surface area contributed by atoms with E-state index in [4.69, 9.17) is 0 Å². The van der Waals surface area contributed by atoms with Crippen molar-refractivity contribution in [3.63, 3.8) is 0 Å². The van der Waals surface area contributed by atoms with Gasteiger partial charge in [0.15, 0.2) is 0 Å². The zero-order chi connectivity index (χ0) is 17.2. The Balaban J connectivity index is 1.50. The monoisotopic (exact) mass is 340 g/mol. The van der Waals surface area contributed by atoms with E-state index >= 15 is 0 Å². The van der Waals surface area contributed by atoms with E-state index in [9.17, 15) is 9.18 Å². The van der Waals surface area contributed by atoms with Crippen molar-refractivity contribution in [2.75, 3.05) is 0 Å². The van der Waals surface area contributed by atoms with Crippen LogP contribution in [-0.2, 0) is 4.79 Å². The highest BCUT2D eigenvalue weighted by Crippen LogP contribution is 2.42. The molecule has 0 amide bonds. The minimum Gasteiger partial charge on any atom is -0.322 e. The van der Waals surface area contributed by atoms with E-state index in [1.54, 1.807) is 18.6 Å². The van der Waals surface area contributed by atoms with Crippen molar-refractivity contribution >= 4 is 5.78 Å². The van der Waals surface area contributed by atoms with Crippen molar-refractivity contribution in [1.29, 1.82) is 0 Å². The van der Waals surface area contributed by atoms with E-state index in [0.29, 0.717) is 24.3 Å². The van der Waals surface area contributed by atoms with Gasteiger partial charge in [0.2, 0.25) is 0 Å². The molecule has 1 aromatic heterocycles. The Morgan fingerprint density at radius 1 is 1.12 bits per heavy atom. The van der Waals surface area contributed by atoms with Crippen molar-refractivity contribution in [3.05, 3.63) is 42.1 Å². The zero-order valence-electron chi connectivity index (χ0n) is 14.6. The zero-order valence-corrected chi connectivity index (χ0v) is 14.6. The molecule has 3 nitrogen and oxygen atoms in total. The van der Waals surface area contributed by atoms with Crippen molar-refractivity contribution in [3.8, 4) is 11.3 Å². The summed E-state index contributed by atoms with van der Waals surface area (Å²) in [5, 5.41) is 0. The fraction of sp³-hybridized carbons (Fsp3) is 0.524. The summed E-state index contributed by atoms with van der Waals surface area (Å²) >= 11 is 0. The number of benzene rings is 1. The molecule has 1 atom stereocenters. The predicted molar refractivity (Wildman–Crippen MR) is 95.8 cm³/mol. The number of hydrogen-bond donors (Lipinski definition) is 0. The van der Waals surface area contributed by atoms with Crippen LogP contribution in [-0.4, -0.2) is 15.3 Å². The predicted octanol–water partition coefficient (Wildman–Crippen LogP) is 5.30. The van der Waals surface area contributed by atoms with Gasteiger partial charge in [-0.3, -0.25) is 4.79 Å². The Labute approximate surface area is 148 Å². The number of aromatic nitrogens is 2. The third-order valence-corrected chi connectivity index (χ3v) is 5.83. The van der Waals surface area contributed by atoms with E-state index in [0.717, 1.165) is 24.1 Å². The lowest BCUT2D eigenvalue weighted by Crippen LogP contribution is -2.16. The molecular weight excluding hydrogens is 315 g/mol. The number of hydrogen-bond acceptors (Lipinski definition) is 2. The van der Waals surface area contributed by atoms with E-state index < -0.39 is 0 Å². The maximum atomic E-state index is 14.4. The largest absolute Gasteiger partial charge is 0.322 e.